The molecule has 2 rings (SSSR count). The number of benzene rings is 1. The number of carbonyl (C=O) groups is 1. The van der Waals surface area contributed by atoms with Crippen LogP contribution < -0.4 is 4.74 Å². The van der Waals surface area contributed by atoms with Crippen LogP contribution >= 0.6 is 15.9 Å². The number of methoxy groups -OCH3 is 3. The highest BCUT2D eigenvalue weighted by atomic mass is 79.9. The van der Waals surface area contributed by atoms with E-state index in [1.165, 1.54) is 27.6 Å². The maximum Gasteiger partial charge on any atom is 0.424 e. The number of esters is 1. The van der Waals surface area contributed by atoms with Gasteiger partial charge in [0.05, 0.1) is 39.7 Å². The van der Waals surface area contributed by atoms with Crippen LogP contribution in [-0.4, -0.2) is 56.4 Å². The van der Waals surface area contributed by atoms with Crippen molar-refractivity contribution in [1.29, 1.82) is 0 Å². The lowest BCUT2D eigenvalue weighted by Crippen LogP contribution is -2.25. The zero-order valence-corrected chi connectivity index (χ0v) is 20.7. The molecule has 0 radical (unpaired) electrons. The van der Waals surface area contributed by atoms with Crippen LogP contribution in [0.2, 0.25) is 0 Å². The first-order chi connectivity index (χ1) is 16.2. The number of halogens is 4. The summed E-state index contributed by atoms with van der Waals surface area (Å²) in [4.78, 5) is 12.2. The summed E-state index contributed by atoms with van der Waals surface area (Å²) < 4.78 is 68.1. The quantitative estimate of drug-likeness (QED) is 0.219. The number of aromatic nitrogens is 2. The second-order valence-corrected chi connectivity index (χ2v) is 7.62. The lowest BCUT2D eigenvalue weighted by Gasteiger charge is -2.15. The van der Waals surface area contributed by atoms with Gasteiger partial charge in [-0.25, -0.2) is 4.79 Å². The average Bonchev–Trinajstić information content (AvgIpc) is 3.13. The molecule has 0 saturated heterocycles. The Labute approximate surface area is 203 Å². The fraction of sp³-hybridized carbons (Fsp3) is 0.455. The van der Waals surface area contributed by atoms with Crippen molar-refractivity contribution in [1.82, 2.24) is 9.78 Å². The smallest absolute Gasteiger partial charge is 0.424 e. The molecule has 34 heavy (non-hydrogen) atoms. The molecule has 1 atom stereocenters. The highest BCUT2D eigenvalue weighted by molar-refractivity contribution is 9.10. The molecule has 1 unspecified atom stereocenters. The van der Waals surface area contributed by atoms with Crippen LogP contribution in [0.4, 0.5) is 13.2 Å². The van der Waals surface area contributed by atoms with Gasteiger partial charge in [0.15, 0.2) is 5.56 Å². The Morgan fingerprint density at radius 3 is 2.53 bits per heavy atom. The van der Waals surface area contributed by atoms with E-state index in [1.807, 2.05) is 0 Å². The second-order valence-electron chi connectivity index (χ2n) is 6.87. The van der Waals surface area contributed by atoms with Crippen molar-refractivity contribution < 1.29 is 41.7 Å². The Kier molecular flexibility index (Phi) is 10.4. The fourth-order valence-electron chi connectivity index (χ4n) is 3.02. The molecule has 0 amide bonds. The lowest BCUT2D eigenvalue weighted by atomic mass is 10.0. The number of hydrogen-bond acceptors (Lipinski definition) is 7. The SMILES string of the molecule is CCOCC(Cn1nc(OCc2ccccc2/C(=C\OC)C(=O)OC)c(C(F)(F)F)c1Br)OC. The Balaban J connectivity index is 2.38. The van der Waals surface area contributed by atoms with Crippen molar-refractivity contribution in [2.24, 2.45) is 0 Å². The number of hydrogen-bond donors (Lipinski definition) is 0. The summed E-state index contributed by atoms with van der Waals surface area (Å²) in [5.41, 5.74) is -0.150. The van der Waals surface area contributed by atoms with Gasteiger partial charge in [-0.2, -0.15) is 13.2 Å². The molecule has 0 aliphatic carbocycles. The van der Waals surface area contributed by atoms with Gasteiger partial charge in [-0.15, -0.1) is 5.10 Å². The van der Waals surface area contributed by atoms with Gasteiger partial charge in [0.1, 0.15) is 16.8 Å². The lowest BCUT2D eigenvalue weighted by molar-refractivity contribution is -0.139. The van der Waals surface area contributed by atoms with E-state index in [1.54, 1.807) is 31.2 Å². The topological polar surface area (TPSA) is 81.0 Å². The zero-order chi connectivity index (χ0) is 25.3. The predicted molar refractivity (Wildman–Crippen MR) is 120 cm³/mol. The van der Waals surface area contributed by atoms with Gasteiger partial charge in [-0.3, -0.25) is 4.68 Å². The third-order valence-corrected chi connectivity index (χ3v) is 5.48. The molecular weight excluding hydrogens is 525 g/mol. The van der Waals surface area contributed by atoms with E-state index < -0.39 is 29.7 Å². The molecule has 2 aromatic rings. The highest BCUT2D eigenvalue weighted by Crippen LogP contribution is 2.41. The average molecular weight is 551 g/mol. The molecule has 12 heteroatoms. The molecule has 1 aromatic heterocycles. The van der Waals surface area contributed by atoms with Gasteiger partial charge in [0.2, 0.25) is 5.88 Å². The molecule has 0 aliphatic rings. The van der Waals surface area contributed by atoms with Crippen LogP contribution in [0.5, 0.6) is 5.88 Å². The minimum atomic E-state index is -4.73. The Morgan fingerprint density at radius 2 is 1.94 bits per heavy atom. The van der Waals surface area contributed by atoms with Crippen LogP contribution in [0, 0.1) is 0 Å². The zero-order valence-electron chi connectivity index (χ0n) is 19.1. The summed E-state index contributed by atoms with van der Waals surface area (Å²) in [6.45, 7) is 2.13. The van der Waals surface area contributed by atoms with E-state index in [2.05, 4.69) is 21.0 Å². The molecule has 0 spiro atoms. The Bertz CT molecular complexity index is 994. The van der Waals surface area contributed by atoms with Gasteiger partial charge in [0, 0.05) is 13.7 Å². The van der Waals surface area contributed by atoms with E-state index >= 15 is 0 Å². The molecule has 8 nitrogen and oxygen atoms in total. The summed E-state index contributed by atoms with van der Waals surface area (Å²) in [7, 11) is 4.01. The van der Waals surface area contributed by atoms with Crippen LogP contribution in [0.15, 0.2) is 35.1 Å². The third kappa shape index (κ3) is 6.97. The number of rotatable bonds is 12. The first-order valence-electron chi connectivity index (χ1n) is 10.1. The molecule has 188 valence electrons. The third-order valence-electron chi connectivity index (χ3n) is 4.67. The van der Waals surface area contributed by atoms with E-state index in [0.29, 0.717) is 17.7 Å². The molecule has 0 bridgehead atoms. The monoisotopic (exact) mass is 550 g/mol. The number of nitrogens with zero attached hydrogens (tertiary/aromatic N) is 2. The van der Waals surface area contributed by atoms with Gasteiger partial charge in [-0.1, -0.05) is 24.3 Å². The minimum Gasteiger partial charge on any atom is -0.503 e. The molecule has 0 aliphatic heterocycles. The minimum absolute atomic E-state index is 0.00315. The number of ether oxygens (including phenoxy) is 5. The maximum atomic E-state index is 13.8. The largest absolute Gasteiger partial charge is 0.503 e. The van der Waals surface area contributed by atoms with Crippen molar-refractivity contribution in [3.63, 3.8) is 0 Å². The predicted octanol–water partition coefficient (Wildman–Crippen LogP) is 4.46. The van der Waals surface area contributed by atoms with Crippen LogP contribution in [0.25, 0.3) is 5.57 Å². The summed E-state index contributed by atoms with van der Waals surface area (Å²) in [6, 6.07) is 6.56. The molecule has 0 N–H and O–H groups in total. The Hall–Kier alpha value is -2.57. The molecule has 1 heterocycles. The first kappa shape index (κ1) is 27.7. The summed E-state index contributed by atoms with van der Waals surface area (Å²) in [5, 5.41) is 4.01. The normalized spacial score (nSPS) is 13.0. The second kappa shape index (κ2) is 12.8. The molecule has 0 fully saturated rings. The van der Waals surface area contributed by atoms with Crippen molar-refractivity contribution in [3.05, 3.63) is 51.8 Å². The van der Waals surface area contributed by atoms with E-state index in [9.17, 15) is 18.0 Å². The van der Waals surface area contributed by atoms with Gasteiger partial charge in [-0.05, 0) is 34.0 Å². The maximum absolute atomic E-state index is 13.8. The van der Waals surface area contributed by atoms with Gasteiger partial charge >= 0.3 is 12.1 Å². The standard InChI is InChI=1S/C22H26BrF3N2O6/c1-5-33-12-15(31-3)10-28-19(23)18(22(24,25)26)20(27-28)34-11-14-8-6-7-9-16(14)17(13-30-2)21(29)32-4/h6-9,13,15H,5,10-12H2,1-4H3/b17-13+. The van der Waals surface area contributed by atoms with Crippen molar-refractivity contribution in [2.45, 2.75) is 32.4 Å². The number of carbonyl (C=O) groups excluding carboxylic acids is 1. The summed E-state index contributed by atoms with van der Waals surface area (Å²) in [5.74, 6) is -1.28. The van der Waals surface area contributed by atoms with Crippen molar-refractivity contribution >= 4 is 27.5 Å². The summed E-state index contributed by atoms with van der Waals surface area (Å²) in [6.07, 6.45) is -4.06. The van der Waals surface area contributed by atoms with Gasteiger partial charge in [0.25, 0.3) is 0 Å². The van der Waals surface area contributed by atoms with Crippen LogP contribution in [-0.2, 0) is 43.1 Å². The Morgan fingerprint density at radius 1 is 1.24 bits per heavy atom. The number of alkyl halides is 3. The fourth-order valence-corrected chi connectivity index (χ4v) is 3.64. The molecule has 1 aromatic carbocycles. The van der Waals surface area contributed by atoms with E-state index in [-0.39, 0.29) is 29.9 Å². The van der Waals surface area contributed by atoms with E-state index in [0.717, 1.165) is 4.68 Å². The molecule has 0 saturated carbocycles. The van der Waals surface area contributed by atoms with Crippen LogP contribution in [0.3, 0.4) is 0 Å². The first-order valence-corrected chi connectivity index (χ1v) is 10.9. The van der Waals surface area contributed by atoms with E-state index in [4.69, 9.17) is 23.7 Å². The van der Waals surface area contributed by atoms with Crippen molar-refractivity contribution in [2.75, 3.05) is 34.5 Å². The van der Waals surface area contributed by atoms with Gasteiger partial charge < -0.3 is 23.7 Å². The highest BCUT2D eigenvalue weighted by Gasteiger charge is 2.41. The molecular formula is C22H26BrF3N2O6. The van der Waals surface area contributed by atoms with Crippen LogP contribution in [0.1, 0.15) is 23.6 Å². The van der Waals surface area contributed by atoms with Crippen molar-refractivity contribution in [3.8, 4) is 5.88 Å². The summed E-state index contributed by atoms with van der Waals surface area (Å²) >= 11 is 2.99.